The van der Waals surface area contributed by atoms with Gasteiger partial charge in [0.1, 0.15) is 5.82 Å². The summed E-state index contributed by atoms with van der Waals surface area (Å²) in [6.07, 6.45) is 4.29. The van der Waals surface area contributed by atoms with Gasteiger partial charge in [-0.3, -0.25) is 4.79 Å². The van der Waals surface area contributed by atoms with Gasteiger partial charge in [-0.25, -0.2) is 4.39 Å². The number of rotatable bonds is 6. The Morgan fingerprint density at radius 1 is 1.48 bits per heavy atom. The Kier molecular flexibility index (Phi) is 4.72. The number of aliphatic carboxylic acids is 1. The van der Waals surface area contributed by atoms with Crippen molar-refractivity contribution in [1.82, 2.24) is 15.0 Å². The normalized spacial score (nSPS) is 25.0. The first kappa shape index (κ1) is 18.1. The molecule has 0 spiro atoms. The first-order valence-corrected chi connectivity index (χ1v) is 9.53. The maximum absolute atomic E-state index is 13.7. The molecule has 27 heavy (non-hydrogen) atoms. The van der Waals surface area contributed by atoms with Crippen LogP contribution < -0.4 is 0 Å². The molecule has 0 radical (unpaired) electrons. The van der Waals surface area contributed by atoms with E-state index in [0.29, 0.717) is 35.8 Å². The van der Waals surface area contributed by atoms with Gasteiger partial charge < -0.3 is 14.5 Å². The van der Waals surface area contributed by atoms with Gasteiger partial charge in [0.2, 0.25) is 11.7 Å². The molecule has 6 nitrogen and oxygen atoms in total. The minimum atomic E-state index is -0.639. The summed E-state index contributed by atoms with van der Waals surface area (Å²) < 4.78 is 19.0. The third-order valence-electron chi connectivity index (χ3n) is 6.13. The number of hydrogen-bond donors (Lipinski definition) is 1. The number of aryl methyl sites for hydroxylation is 2. The second kappa shape index (κ2) is 7.03. The van der Waals surface area contributed by atoms with Gasteiger partial charge in [0.15, 0.2) is 0 Å². The van der Waals surface area contributed by atoms with Gasteiger partial charge in [-0.15, -0.1) is 0 Å². The molecule has 1 aliphatic heterocycles. The van der Waals surface area contributed by atoms with Crippen molar-refractivity contribution >= 4 is 5.97 Å². The zero-order valence-corrected chi connectivity index (χ0v) is 15.4. The number of fused-ring (bicyclic) bond motifs is 1. The Morgan fingerprint density at radius 2 is 2.33 bits per heavy atom. The quantitative estimate of drug-likeness (QED) is 0.837. The monoisotopic (exact) mass is 373 g/mol. The summed E-state index contributed by atoms with van der Waals surface area (Å²) in [5.74, 6) is 0.273. The molecule has 2 heterocycles. The molecule has 7 heteroatoms. The number of carboxylic acid groups (broad SMARTS) is 1. The smallest absolute Gasteiger partial charge is 0.311 e. The number of hydrogen-bond acceptors (Lipinski definition) is 5. The van der Waals surface area contributed by atoms with Gasteiger partial charge in [-0.05, 0) is 50.3 Å². The predicted octanol–water partition coefficient (Wildman–Crippen LogP) is 3.30. The fourth-order valence-electron chi connectivity index (χ4n) is 4.57. The van der Waals surface area contributed by atoms with Crippen LogP contribution in [0.15, 0.2) is 22.7 Å². The first-order valence-electron chi connectivity index (χ1n) is 9.53. The maximum atomic E-state index is 13.7. The zero-order valence-electron chi connectivity index (χ0n) is 15.4. The van der Waals surface area contributed by atoms with Crippen LogP contribution in [0.4, 0.5) is 4.39 Å². The highest BCUT2D eigenvalue weighted by molar-refractivity contribution is 5.76. The summed E-state index contributed by atoms with van der Waals surface area (Å²) in [6, 6.07) is 4.89. The topological polar surface area (TPSA) is 79.5 Å². The Balaban J connectivity index is 1.32. The lowest BCUT2D eigenvalue weighted by Gasteiger charge is -2.23. The van der Waals surface area contributed by atoms with Crippen molar-refractivity contribution in [2.45, 2.75) is 39.0 Å². The predicted molar refractivity (Wildman–Crippen MR) is 96.6 cm³/mol. The van der Waals surface area contributed by atoms with E-state index >= 15 is 0 Å². The summed E-state index contributed by atoms with van der Waals surface area (Å²) in [5.41, 5.74) is 0.647. The summed E-state index contributed by atoms with van der Waals surface area (Å²) in [5, 5.41) is 13.6. The van der Waals surface area contributed by atoms with Crippen LogP contribution in [-0.2, 0) is 11.2 Å². The Morgan fingerprint density at radius 3 is 3.07 bits per heavy atom. The number of aromatic nitrogens is 2. The molecule has 2 atom stereocenters. The number of nitrogens with zero attached hydrogens (tertiary/aromatic N) is 3. The number of likely N-dealkylation sites (tertiary alicyclic amines) is 1. The number of benzene rings is 1. The van der Waals surface area contributed by atoms with Gasteiger partial charge in [0, 0.05) is 25.1 Å². The Bertz CT molecular complexity index is 853. The summed E-state index contributed by atoms with van der Waals surface area (Å²) >= 11 is 0. The molecule has 144 valence electrons. The molecule has 1 aromatic heterocycles. The van der Waals surface area contributed by atoms with Gasteiger partial charge in [-0.2, -0.15) is 4.98 Å². The van der Waals surface area contributed by atoms with Gasteiger partial charge in [0.25, 0.3) is 0 Å². The van der Waals surface area contributed by atoms with Gasteiger partial charge >= 0.3 is 5.97 Å². The highest BCUT2D eigenvalue weighted by atomic mass is 19.1. The summed E-state index contributed by atoms with van der Waals surface area (Å²) in [7, 11) is 0. The van der Waals surface area contributed by atoms with E-state index in [4.69, 9.17) is 4.52 Å². The van der Waals surface area contributed by atoms with Crippen molar-refractivity contribution in [3.63, 3.8) is 0 Å². The second-order valence-corrected chi connectivity index (χ2v) is 7.86. The molecular formula is C20H24FN3O3. The van der Waals surface area contributed by atoms with Crippen LogP contribution >= 0.6 is 0 Å². The molecule has 1 N–H and O–H groups in total. The van der Waals surface area contributed by atoms with Crippen molar-refractivity contribution in [2.24, 2.45) is 11.3 Å². The first-order chi connectivity index (χ1) is 13.0. The molecule has 2 aromatic rings. The molecule has 4 rings (SSSR count). The molecule has 0 bridgehead atoms. The second-order valence-electron chi connectivity index (χ2n) is 7.86. The largest absolute Gasteiger partial charge is 0.481 e. The molecule has 2 aliphatic rings. The van der Waals surface area contributed by atoms with Crippen LogP contribution in [0.25, 0.3) is 11.4 Å². The number of carbonyl (C=O) groups is 1. The lowest BCUT2D eigenvalue weighted by Crippen LogP contribution is -2.35. The molecule has 1 aliphatic carbocycles. The molecule has 1 saturated heterocycles. The highest BCUT2D eigenvalue weighted by Gasteiger charge is 2.54. The van der Waals surface area contributed by atoms with Crippen LogP contribution in [-0.4, -0.2) is 45.8 Å². The van der Waals surface area contributed by atoms with Crippen molar-refractivity contribution in [3.8, 4) is 11.4 Å². The lowest BCUT2D eigenvalue weighted by atomic mass is 9.81. The van der Waals surface area contributed by atoms with Gasteiger partial charge in [-0.1, -0.05) is 23.7 Å². The Labute approximate surface area is 157 Å². The average molecular weight is 373 g/mol. The van der Waals surface area contributed by atoms with Crippen molar-refractivity contribution in [1.29, 1.82) is 0 Å². The van der Waals surface area contributed by atoms with Crippen molar-refractivity contribution in [2.75, 3.05) is 19.6 Å². The van der Waals surface area contributed by atoms with E-state index in [2.05, 4.69) is 15.0 Å². The Hall–Kier alpha value is -2.28. The highest BCUT2D eigenvalue weighted by Crippen LogP contribution is 2.48. The van der Waals surface area contributed by atoms with E-state index in [0.717, 1.165) is 38.8 Å². The van der Waals surface area contributed by atoms with Crippen LogP contribution in [0, 0.1) is 24.1 Å². The van der Waals surface area contributed by atoms with E-state index in [9.17, 15) is 14.3 Å². The molecular weight excluding hydrogens is 349 g/mol. The van der Waals surface area contributed by atoms with E-state index in [-0.39, 0.29) is 11.7 Å². The van der Waals surface area contributed by atoms with Crippen LogP contribution in [0.3, 0.4) is 0 Å². The fourth-order valence-corrected chi connectivity index (χ4v) is 4.57. The molecule has 0 amide bonds. The average Bonchev–Trinajstić information content (AvgIpc) is 3.31. The third kappa shape index (κ3) is 3.36. The summed E-state index contributed by atoms with van der Waals surface area (Å²) in [6.45, 7) is 4.04. The van der Waals surface area contributed by atoms with Crippen LogP contribution in [0.2, 0.25) is 0 Å². The van der Waals surface area contributed by atoms with E-state index in [1.54, 1.807) is 19.1 Å². The molecule has 0 unspecified atom stereocenters. The third-order valence-corrected chi connectivity index (χ3v) is 6.13. The van der Waals surface area contributed by atoms with E-state index < -0.39 is 11.4 Å². The van der Waals surface area contributed by atoms with E-state index in [1.807, 2.05) is 0 Å². The standard InChI is InChI=1S/C20H24FN3O3/c1-13-6-7-14(10-16(13)21)18-22-17(27-23-18)5-3-9-24-11-15-4-2-8-20(15,12-24)19(25)26/h6-7,10,15H,2-5,8-9,11-12H2,1H3,(H,25,26)/t15-,20+/m0/s1. The molecule has 2 fully saturated rings. The van der Waals surface area contributed by atoms with E-state index in [1.165, 1.54) is 6.07 Å². The van der Waals surface area contributed by atoms with Crippen molar-refractivity contribution < 1.29 is 18.8 Å². The molecule has 1 saturated carbocycles. The lowest BCUT2D eigenvalue weighted by molar-refractivity contribution is -0.149. The van der Waals surface area contributed by atoms with Crippen LogP contribution in [0.1, 0.15) is 37.1 Å². The zero-order chi connectivity index (χ0) is 19.0. The van der Waals surface area contributed by atoms with Crippen LogP contribution in [0.5, 0.6) is 0 Å². The maximum Gasteiger partial charge on any atom is 0.311 e. The number of halogens is 1. The number of carboxylic acids is 1. The fraction of sp³-hybridized carbons (Fsp3) is 0.550. The minimum absolute atomic E-state index is 0.279. The van der Waals surface area contributed by atoms with Gasteiger partial charge in [0.05, 0.1) is 5.41 Å². The summed E-state index contributed by atoms with van der Waals surface area (Å²) in [4.78, 5) is 18.4. The SMILES string of the molecule is Cc1ccc(-c2noc(CCCN3C[C@@H]4CCC[C@@]4(C(=O)O)C3)n2)cc1F. The van der Waals surface area contributed by atoms with Crippen molar-refractivity contribution in [3.05, 3.63) is 35.5 Å². The molecule has 1 aromatic carbocycles. The minimum Gasteiger partial charge on any atom is -0.481 e.